The molecule has 0 unspecified atom stereocenters. The molecule has 108 valence electrons. The summed E-state index contributed by atoms with van der Waals surface area (Å²) in [4.78, 5) is 0. The number of anilines is 1. The molecule has 0 saturated carbocycles. The fourth-order valence-corrected chi connectivity index (χ4v) is 2.42. The first kappa shape index (κ1) is 15.8. The molecule has 0 saturated heterocycles. The van der Waals surface area contributed by atoms with Crippen molar-refractivity contribution in [3.63, 3.8) is 0 Å². The Morgan fingerprint density at radius 2 is 1.84 bits per heavy atom. The molecule has 19 heavy (non-hydrogen) atoms. The molecule has 0 aromatic heterocycles. The Balaban J connectivity index is 2.60. The summed E-state index contributed by atoms with van der Waals surface area (Å²) < 4.78 is 60.5. The minimum absolute atomic E-state index is 0.0231. The Hall–Kier alpha value is -1.24. The van der Waals surface area contributed by atoms with Crippen molar-refractivity contribution >= 4 is 15.5 Å². The van der Waals surface area contributed by atoms with E-state index in [1.165, 1.54) is 18.2 Å². The van der Waals surface area contributed by atoms with Gasteiger partial charge in [-0.15, -0.1) is 0 Å². The Kier molecular flexibility index (Phi) is 5.22. The van der Waals surface area contributed by atoms with Crippen LogP contribution in [0.3, 0.4) is 0 Å². The summed E-state index contributed by atoms with van der Waals surface area (Å²) in [5, 5.41) is 2.63. The van der Waals surface area contributed by atoms with E-state index in [4.69, 9.17) is 0 Å². The van der Waals surface area contributed by atoms with Crippen LogP contribution in [0.25, 0.3) is 0 Å². The monoisotopic (exact) mass is 295 g/mol. The summed E-state index contributed by atoms with van der Waals surface area (Å²) in [6.07, 6.45) is -4.14. The molecule has 0 aliphatic carbocycles. The van der Waals surface area contributed by atoms with Crippen LogP contribution in [-0.4, -0.2) is 26.5 Å². The molecule has 3 nitrogen and oxygen atoms in total. The first-order chi connectivity index (χ1) is 8.76. The number of para-hydroxylation sites is 1. The highest BCUT2D eigenvalue weighted by atomic mass is 32.2. The predicted octanol–water partition coefficient (Wildman–Crippen LogP) is 2.94. The zero-order valence-electron chi connectivity index (χ0n) is 10.5. The second-order valence-corrected chi connectivity index (χ2v) is 6.53. The van der Waals surface area contributed by atoms with Crippen molar-refractivity contribution in [2.45, 2.75) is 19.5 Å². The summed E-state index contributed by atoms with van der Waals surface area (Å²) >= 11 is 0. The van der Waals surface area contributed by atoms with E-state index in [1.807, 2.05) is 0 Å². The molecule has 1 N–H and O–H groups in total. The van der Waals surface area contributed by atoms with Crippen LogP contribution in [0, 0.1) is 0 Å². The second kappa shape index (κ2) is 6.27. The maximum atomic E-state index is 12.7. The molecule has 0 heterocycles. The van der Waals surface area contributed by atoms with Crippen LogP contribution in [0.1, 0.15) is 18.9 Å². The summed E-state index contributed by atoms with van der Waals surface area (Å²) in [5.74, 6) is 0.0246. The molecular formula is C12H16F3NO2S. The maximum absolute atomic E-state index is 12.7. The molecule has 1 aromatic rings. The smallest absolute Gasteiger partial charge is 0.385 e. The third-order valence-electron chi connectivity index (χ3n) is 2.62. The lowest BCUT2D eigenvalue weighted by atomic mass is 10.1. The van der Waals surface area contributed by atoms with Crippen molar-refractivity contribution in [1.82, 2.24) is 0 Å². The fourth-order valence-electron chi connectivity index (χ4n) is 1.54. The normalized spacial score (nSPS) is 12.4. The van der Waals surface area contributed by atoms with E-state index in [1.54, 1.807) is 6.92 Å². The summed E-state index contributed by atoms with van der Waals surface area (Å²) in [6, 6.07) is 5.14. The maximum Gasteiger partial charge on any atom is 0.418 e. The van der Waals surface area contributed by atoms with Crippen LogP contribution >= 0.6 is 0 Å². The first-order valence-electron chi connectivity index (χ1n) is 5.87. The van der Waals surface area contributed by atoms with Crippen molar-refractivity contribution in [2.75, 3.05) is 23.4 Å². The molecule has 0 atom stereocenters. The van der Waals surface area contributed by atoms with Gasteiger partial charge in [-0.2, -0.15) is 13.2 Å². The fraction of sp³-hybridized carbons (Fsp3) is 0.500. The minimum Gasteiger partial charge on any atom is -0.385 e. The van der Waals surface area contributed by atoms with Crippen molar-refractivity contribution in [1.29, 1.82) is 0 Å². The van der Waals surface area contributed by atoms with E-state index < -0.39 is 21.6 Å². The number of nitrogens with one attached hydrogen (secondary N) is 1. The van der Waals surface area contributed by atoms with Crippen molar-refractivity contribution < 1.29 is 21.6 Å². The average Bonchev–Trinajstić information content (AvgIpc) is 2.34. The molecular weight excluding hydrogens is 279 g/mol. The van der Waals surface area contributed by atoms with E-state index >= 15 is 0 Å². The lowest BCUT2D eigenvalue weighted by Gasteiger charge is -2.14. The van der Waals surface area contributed by atoms with Gasteiger partial charge < -0.3 is 5.32 Å². The third-order valence-corrected chi connectivity index (χ3v) is 4.41. The van der Waals surface area contributed by atoms with Crippen molar-refractivity contribution in [2.24, 2.45) is 0 Å². The predicted molar refractivity (Wildman–Crippen MR) is 68.9 cm³/mol. The highest BCUT2D eigenvalue weighted by molar-refractivity contribution is 7.91. The van der Waals surface area contributed by atoms with Gasteiger partial charge in [-0.25, -0.2) is 8.42 Å². The van der Waals surface area contributed by atoms with Gasteiger partial charge in [0.1, 0.15) is 9.84 Å². The van der Waals surface area contributed by atoms with Crippen molar-refractivity contribution in [3.8, 4) is 0 Å². The Bertz CT molecular complexity index is 512. The number of alkyl halides is 3. The van der Waals surface area contributed by atoms with Crippen LogP contribution in [0.5, 0.6) is 0 Å². The number of hydrogen-bond donors (Lipinski definition) is 1. The molecule has 7 heteroatoms. The van der Waals surface area contributed by atoms with Crippen LogP contribution < -0.4 is 5.32 Å². The SMILES string of the molecule is CCS(=O)(=O)CCCNc1ccccc1C(F)(F)F. The Morgan fingerprint density at radius 1 is 1.21 bits per heavy atom. The second-order valence-electron chi connectivity index (χ2n) is 4.06. The average molecular weight is 295 g/mol. The Labute approximate surface area is 110 Å². The zero-order valence-corrected chi connectivity index (χ0v) is 11.3. The molecule has 0 amide bonds. The van der Waals surface area contributed by atoms with Gasteiger partial charge in [0.25, 0.3) is 0 Å². The first-order valence-corrected chi connectivity index (χ1v) is 7.69. The molecule has 0 spiro atoms. The Morgan fingerprint density at radius 3 is 2.42 bits per heavy atom. The van der Waals surface area contributed by atoms with E-state index in [0.717, 1.165) is 6.07 Å². The summed E-state index contributed by atoms with van der Waals surface area (Å²) in [6.45, 7) is 1.73. The van der Waals surface area contributed by atoms with Crippen LogP contribution in [0.4, 0.5) is 18.9 Å². The largest absolute Gasteiger partial charge is 0.418 e. The molecule has 1 rings (SSSR count). The molecule has 0 aliphatic heterocycles. The third kappa shape index (κ3) is 5.10. The lowest BCUT2D eigenvalue weighted by molar-refractivity contribution is -0.136. The van der Waals surface area contributed by atoms with Gasteiger partial charge >= 0.3 is 6.18 Å². The number of sulfone groups is 1. The van der Waals surface area contributed by atoms with Gasteiger partial charge in [-0.3, -0.25) is 0 Å². The number of rotatable bonds is 6. The molecule has 0 fully saturated rings. The summed E-state index contributed by atoms with van der Waals surface area (Å²) in [7, 11) is -3.07. The van der Waals surface area contributed by atoms with E-state index in [9.17, 15) is 21.6 Å². The number of halogens is 3. The molecule has 0 radical (unpaired) electrons. The van der Waals surface area contributed by atoms with Gasteiger partial charge in [0.05, 0.1) is 11.3 Å². The summed E-state index contributed by atoms with van der Waals surface area (Å²) in [5.41, 5.74) is -0.766. The van der Waals surface area contributed by atoms with E-state index in [2.05, 4.69) is 5.32 Å². The van der Waals surface area contributed by atoms with Crippen LogP contribution in [-0.2, 0) is 16.0 Å². The molecule has 0 bridgehead atoms. The van der Waals surface area contributed by atoms with Crippen LogP contribution in [0.15, 0.2) is 24.3 Å². The number of benzene rings is 1. The van der Waals surface area contributed by atoms with Gasteiger partial charge in [0.2, 0.25) is 0 Å². The van der Waals surface area contributed by atoms with Crippen molar-refractivity contribution in [3.05, 3.63) is 29.8 Å². The molecule has 0 aliphatic rings. The minimum atomic E-state index is -4.42. The van der Waals surface area contributed by atoms with Gasteiger partial charge in [-0.1, -0.05) is 19.1 Å². The number of hydrogen-bond acceptors (Lipinski definition) is 3. The molecule has 1 aromatic carbocycles. The van der Waals surface area contributed by atoms with Crippen LogP contribution in [0.2, 0.25) is 0 Å². The highest BCUT2D eigenvalue weighted by Gasteiger charge is 2.32. The quantitative estimate of drug-likeness (QED) is 0.821. The van der Waals surface area contributed by atoms with E-state index in [0.29, 0.717) is 0 Å². The van der Waals surface area contributed by atoms with Gasteiger partial charge in [-0.05, 0) is 18.6 Å². The van der Waals surface area contributed by atoms with Gasteiger partial charge in [0.15, 0.2) is 0 Å². The zero-order chi connectivity index (χ0) is 14.5. The lowest BCUT2D eigenvalue weighted by Crippen LogP contribution is -2.15. The standard InChI is InChI=1S/C12H16F3NO2S/c1-2-19(17,18)9-5-8-16-11-7-4-3-6-10(11)12(13,14)15/h3-4,6-7,16H,2,5,8-9H2,1H3. The topological polar surface area (TPSA) is 46.2 Å². The van der Waals surface area contributed by atoms with E-state index in [-0.39, 0.29) is 30.2 Å². The van der Waals surface area contributed by atoms with Gasteiger partial charge in [0, 0.05) is 18.0 Å². The highest BCUT2D eigenvalue weighted by Crippen LogP contribution is 2.34.